The van der Waals surface area contributed by atoms with Crippen LogP contribution < -0.4 is 0 Å². The van der Waals surface area contributed by atoms with Crippen LogP contribution in [-0.4, -0.2) is 91.9 Å². The number of hydrogen-bond acceptors (Lipinski definition) is 14. The zero-order chi connectivity index (χ0) is 40.4. The van der Waals surface area contributed by atoms with Gasteiger partial charge in [-0.05, 0) is 28.8 Å². The predicted octanol–water partition coefficient (Wildman–Crippen LogP) is 4.85. The molecule has 3 fully saturated rings. The van der Waals surface area contributed by atoms with E-state index in [4.69, 9.17) is 47.4 Å². The van der Waals surface area contributed by atoms with Gasteiger partial charge in [0.15, 0.2) is 43.1 Å². The number of hydrogen-bond donors (Lipinski definition) is 0. The molecule has 0 saturated carbocycles. The molecule has 4 aromatic carbocycles. The maximum absolute atomic E-state index is 13.9. The summed E-state index contributed by atoms with van der Waals surface area (Å²) >= 11 is 0. The molecule has 14 nitrogen and oxygen atoms in total. The average Bonchev–Trinajstić information content (AvgIpc) is 3.45. The van der Waals surface area contributed by atoms with Crippen molar-refractivity contribution in [1.29, 1.82) is 0 Å². The number of carbonyl (C=O) groups is 4. The lowest BCUT2D eigenvalue weighted by atomic mass is 9.96. The molecule has 58 heavy (non-hydrogen) atoms. The number of benzene rings is 4. The first-order valence-corrected chi connectivity index (χ1v) is 18.9. The molecule has 304 valence electrons. The SMILES string of the molecule is CC(=O)OC1C2OC(=O)C(O[C@H]1OC1C(OCc3ccccc3)[C@H](OCc3ccccc3)OC(COCc3ccccc3)[C@@H]1OC(=O)c1ccccc1)[C@H]2OC(C)=O. The summed E-state index contributed by atoms with van der Waals surface area (Å²) in [6, 6.07) is 36.7. The molecule has 2 bridgehead atoms. The van der Waals surface area contributed by atoms with Crippen molar-refractivity contribution in [2.45, 2.75) is 95.1 Å². The van der Waals surface area contributed by atoms with Crippen LogP contribution in [0.3, 0.4) is 0 Å². The van der Waals surface area contributed by atoms with Crippen molar-refractivity contribution >= 4 is 23.9 Å². The second-order valence-electron chi connectivity index (χ2n) is 13.9. The third-order valence-corrected chi connectivity index (χ3v) is 9.65. The zero-order valence-corrected chi connectivity index (χ0v) is 31.9. The molecule has 14 heteroatoms. The Hall–Kier alpha value is -5.48. The quantitative estimate of drug-likeness (QED) is 0.112. The van der Waals surface area contributed by atoms with Crippen LogP contribution >= 0.6 is 0 Å². The van der Waals surface area contributed by atoms with Gasteiger partial charge in [0.1, 0.15) is 18.3 Å². The van der Waals surface area contributed by atoms with Crippen LogP contribution in [0.15, 0.2) is 121 Å². The minimum Gasteiger partial charge on any atom is -0.455 e. The van der Waals surface area contributed by atoms with Crippen LogP contribution in [0, 0.1) is 0 Å². The fourth-order valence-electron chi connectivity index (χ4n) is 7.01. The normalized spacial score (nSPS) is 27.6. The molecule has 4 aromatic rings. The highest BCUT2D eigenvalue weighted by molar-refractivity contribution is 5.89. The van der Waals surface area contributed by atoms with Gasteiger partial charge in [0, 0.05) is 13.8 Å². The Balaban J connectivity index is 1.27. The third kappa shape index (κ3) is 10.1. The summed E-state index contributed by atoms with van der Waals surface area (Å²) in [6.45, 7) is 2.59. The standard InChI is InChI=1S/C44H44O14/c1-27(45)52-36-37-40(53-28(2)46)44(58-38(36)42(48)56-37)57-35-34(55-41(47)32-21-13-6-14-22-32)33(26-49-23-29-15-7-3-8-16-29)54-43(51-25-31-19-11-5-12-20-31)39(35)50-24-30-17-9-4-10-18-30/h3-22,33-40,43-44H,23-26H2,1-2H3/t33?,34-,35?,36-,37?,38?,39?,40?,43+,44+/m0/s1. The van der Waals surface area contributed by atoms with E-state index in [2.05, 4.69) is 0 Å². The van der Waals surface area contributed by atoms with Crippen LogP contribution in [0.2, 0.25) is 0 Å². The summed E-state index contributed by atoms with van der Waals surface area (Å²) in [5.74, 6) is -2.99. The molecule has 0 N–H and O–H groups in total. The van der Waals surface area contributed by atoms with Crippen LogP contribution in [-0.2, 0) is 81.6 Å². The van der Waals surface area contributed by atoms with E-state index in [1.54, 1.807) is 30.3 Å². The van der Waals surface area contributed by atoms with Crippen molar-refractivity contribution in [1.82, 2.24) is 0 Å². The highest BCUT2D eigenvalue weighted by Gasteiger charge is 2.62. The van der Waals surface area contributed by atoms with Crippen molar-refractivity contribution < 1.29 is 66.5 Å². The summed E-state index contributed by atoms with van der Waals surface area (Å²) in [4.78, 5) is 51.6. The highest BCUT2D eigenvalue weighted by atomic mass is 16.8. The van der Waals surface area contributed by atoms with Gasteiger partial charge in [-0.15, -0.1) is 0 Å². The second-order valence-corrected chi connectivity index (χ2v) is 13.9. The van der Waals surface area contributed by atoms with E-state index in [-0.39, 0.29) is 32.0 Å². The van der Waals surface area contributed by atoms with Crippen LogP contribution in [0.5, 0.6) is 0 Å². The van der Waals surface area contributed by atoms with Crippen molar-refractivity contribution in [2.24, 2.45) is 0 Å². The fraction of sp³-hybridized carbons (Fsp3) is 0.364. The van der Waals surface area contributed by atoms with Gasteiger partial charge in [0.2, 0.25) is 0 Å². The molecular weight excluding hydrogens is 752 g/mol. The van der Waals surface area contributed by atoms with Gasteiger partial charge in [-0.25, -0.2) is 9.59 Å². The maximum Gasteiger partial charge on any atom is 0.340 e. The predicted molar refractivity (Wildman–Crippen MR) is 201 cm³/mol. The van der Waals surface area contributed by atoms with Gasteiger partial charge in [-0.3, -0.25) is 9.59 Å². The van der Waals surface area contributed by atoms with E-state index in [1.807, 2.05) is 91.0 Å². The van der Waals surface area contributed by atoms with Gasteiger partial charge in [-0.1, -0.05) is 109 Å². The first kappa shape index (κ1) is 40.7. The largest absolute Gasteiger partial charge is 0.455 e. The van der Waals surface area contributed by atoms with E-state index in [9.17, 15) is 19.2 Å². The third-order valence-electron chi connectivity index (χ3n) is 9.65. The minimum atomic E-state index is -1.53. The van der Waals surface area contributed by atoms with Crippen molar-refractivity contribution in [2.75, 3.05) is 6.61 Å². The molecule has 0 spiro atoms. The maximum atomic E-state index is 13.9. The Morgan fingerprint density at radius 1 is 0.552 bits per heavy atom. The van der Waals surface area contributed by atoms with E-state index < -0.39 is 85.3 Å². The topological polar surface area (TPSA) is 161 Å². The van der Waals surface area contributed by atoms with E-state index in [0.717, 1.165) is 16.7 Å². The Morgan fingerprint density at radius 3 is 1.67 bits per heavy atom. The van der Waals surface area contributed by atoms with Gasteiger partial charge in [0.25, 0.3) is 0 Å². The average molecular weight is 797 g/mol. The summed E-state index contributed by atoms with van der Waals surface area (Å²) in [5, 5.41) is 0. The Kier molecular flexibility index (Phi) is 13.6. The summed E-state index contributed by atoms with van der Waals surface area (Å²) < 4.78 is 61.7. The van der Waals surface area contributed by atoms with Gasteiger partial charge in [-0.2, -0.15) is 0 Å². The highest BCUT2D eigenvalue weighted by Crippen LogP contribution is 2.39. The lowest BCUT2D eigenvalue weighted by Crippen LogP contribution is -2.65. The zero-order valence-electron chi connectivity index (χ0n) is 31.9. The first-order chi connectivity index (χ1) is 28.2. The molecule has 3 aliphatic rings. The molecule has 0 aliphatic carbocycles. The fourth-order valence-corrected chi connectivity index (χ4v) is 7.01. The summed E-state index contributed by atoms with van der Waals surface area (Å²) in [6.07, 6.45) is -12.8. The molecule has 3 heterocycles. The molecular formula is C44H44O14. The van der Waals surface area contributed by atoms with Gasteiger partial charge in [0.05, 0.1) is 32.0 Å². The van der Waals surface area contributed by atoms with Crippen molar-refractivity contribution in [3.63, 3.8) is 0 Å². The summed E-state index contributed by atoms with van der Waals surface area (Å²) in [7, 11) is 0. The van der Waals surface area contributed by atoms with Gasteiger partial charge >= 0.3 is 23.9 Å². The Labute approximate surface area is 335 Å². The lowest BCUT2D eigenvalue weighted by molar-refractivity contribution is -0.356. The second kappa shape index (κ2) is 19.3. The van der Waals surface area contributed by atoms with Crippen LogP contribution in [0.1, 0.15) is 40.9 Å². The number of ether oxygens (including phenoxy) is 10. The number of esters is 4. The number of fused-ring (bicyclic) bond motifs is 2. The Morgan fingerprint density at radius 2 is 1.09 bits per heavy atom. The number of rotatable bonds is 16. The summed E-state index contributed by atoms with van der Waals surface area (Å²) in [5.41, 5.74) is 2.80. The molecule has 10 atom stereocenters. The van der Waals surface area contributed by atoms with Gasteiger partial charge < -0.3 is 47.4 Å². The number of carbonyl (C=O) groups excluding carboxylic acids is 4. The molecule has 0 radical (unpaired) electrons. The molecule has 3 aliphatic heterocycles. The molecule has 3 saturated heterocycles. The van der Waals surface area contributed by atoms with Crippen LogP contribution in [0.4, 0.5) is 0 Å². The van der Waals surface area contributed by atoms with Crippen LogP contribution in [0.25, 0.3) is 0 Å². The first-order valence-electron chi connectivity index (χ1n) is 18.9. The van der Waals surface area contributed by atoms with E-state index >= 15 is 0 Å². The minimum absolute atomic E-state index is 0.0503. The Bertz CT molecular complexity index is 1960. The van der Waals surface area contributed by atoms with E-state index in [1.165, 1.54) is 13.8 Å². The molecule has 7 rings (SSSR count). The molecule has 6 unspecified atom stereocenters. The van der Waals surface area contributed by atoms with E-state index in [0.29, 0.717) is 0 Å². The smallest absolute Gasteiger partial charge is 0.340 e. The molecule has 0 aromatic heterocycles. The molecule has 0 amide bonds. The van der Waals surface area contributed by atoms with Crippen molar-refractivity contribution in [3.05, 3.63) is 144 Å². The van der Waals surface area contributed by atoms with Crippen molar-refractivity contribution in [3.8, 4) is 0 Å². The lowest BCUT2D eigenvalue weighted by Gasteiger charge is -2.47. The monoisotopic (exact) mass is 796 g/mol.